The van der Waals surface area contributed by atoms with Crippen molar-refractivity contribution in [3.63, 3.8) is 0 Å². The van der Waals surface area contributed by atoms with Crippen LogP contribution in [-0.4, -0.2) is 23.3 Å². The van der Waals surface area contributed by atoms with Crippen LogP contribution in [0.1, 0.15) is 5.56 Å². The van der Waals surface area contributed by atoms with Gasteiger partial charge in [-0.25, -0.2) is 4.98 Å². The number of rotatable bonds is 6. The second-order valence-electron chi connectivity index (χ2n) is 3.92. The summed E-state index contributed by atoms with van der Waals surface area (Å²) in [4.78, 5) is 4.29. The average molecular weight is 310 g/mol. The fraction of sp³-hybridized carbons (Fsp3) is 0.308. The van der Waals surface area contributed by atoms with Crippen molar-refractivity contribution in [3.05, 3.63) is 46.7 Å². The summed E-state index contributed by atoms with van der Waals surface area (Å²) in [5, 5.41) is 3.32. The van der Waals surface area contributed by atoms with Crippen LogP contribution >= 0.6 is 15.9 Å². The van der Waals surface area contributed by atoms with Gasteiger partial charge in [0.15, 0.2) is 0 Å². The first-order chi connectivity index (χ1) is 8.79. The summed E-state index contributed by atoms with van der Waals surface area (Å²) in [5.41, 5.74) is 1.21. The fourth-order valence-corrected chi connectivity index (χ4v) is 2.12. The number of hydrogen-bond donors (Lipinski definition) is 1. The first-order valence-electron chi connectivity index (χ1n) is 5.78. The van der Waals surface area contributed by atoms with Gasteiger partial charge in [0.1, 0.15) is 0 Å². The lowest BCUT2D eigenvalue weighted by molar-refractivity contribution is 0.187. The first kappa shape index (κ1) is 13.1. The van der Waals surface area contributed by atoms with E-state index in [4.69, 9.17) is 4.74 Å². The summed E-state index contributed by atoms with van der Waals surface area (Å²) < 4.78 is 8.20. The van der Waals surface area contributed by atoms with Gasteiger partial charge in [-0.3, -0.25) is 0 Å². The second-order valence-corrected chi connectivity index (χ2v) is 4.84. The van der Waals surface area contributed by atoms with Gasteiger partial charge in [0.05, 0.1) is 6.61 Å². The van der Waals surface area contributed by atoms with Crippen molar-refractivity contribution >= 4 is 21.9 Å². The highest BCUT2D eigenvalue weighted by Crippen LogP contribution is 2.13. The molecule has 0 bridgehead atoms. The summed E-state index contributed by atoms with van der Waals surface area (Å²) in [6.45, 7) is 2.24. The summed E-state index contributed by atoms with van der Waals surface area (Å²) >= 11 is 3.46. The number of nitrogens with zero attached hydrogens (tertiary/aromatic N) is 2. The van der Waals surface area contributed by atoms with E-state index in [2.05, 4.69) is 38.4 Å². The summed E-state index contributed by atoms with van der Waals surface area (Å²) in [5.74, 6) is 0.868. The number of anilines is 1. The Balaban J connectivity index is 1.95. The van der Waals surface area contributed by atoms with E-state index in [-0.39, 0.29) is 0 Å². The number of ether oxygens (including phenoxy) is 1. The molecule has 1 heterocycles. The highest BCUT2D eigenvalue weighted by atomic mass is 79.9. The first-order valence-corrected chi connectivity index (χ1v) is 6.57. The monoisotopic (exact) mass is 309 g/mol. The standard InChI is InChI=1S/C13H16BrN3O/c1-18-8-7-17-6-5-15-13(17)16-10-11-3-2-4-12(14)9-11/h2-6,9H,7-8,10H2,1H3,(H,15,16). The normalized spacial score (nSPS) is 10.6. The third-order valence-corrected chi connectivity index (χ3v) is 3.08. The van der Waals surface area contributed by atoms with E-state index < -0.39 is 0 Å². The summed E-state index contributed by atoms with van der Waals surface area (Å²) in [7, 11) is 1.70. The molecule has 0 unspecified atom stereocenters. The van der Waals surface area contributed by atoms with E-state index in [0.717, 1.165) is 23.5 Å². The third-order valence-electron chi connectivity index (χ3n) is 2.59. The van der Waals surface area contributed by atoms with Crippen molar-refractivity contribution in [2.24, 2.45) is 0 Å². The maximum atomic E-state index is 5.07. The Kier molecular flexibility index (Phi) is 4.78. The highest BCUT2D eigenvalue weighted by Gasteiger charge is 2.02. The van der Waals surface area contributed by atoms with Crippen LogP contribution < -0.4 is 5.32 Å². The smallest absolute Gasteiger partial charge is 0.203 e. The van der Waals surface area contributed by atoms with Crippen LogP contribution in [0.5, 0.6) is 0 Å². The van der Waals surface area contributed by atoms with Crippen molar-refractivity contribution < 1.29 is 4.74 Å². The molecule has 1 N–H and O–H groups in total. The SMILES string of the molecule is COCCn1ccnc1NCc1cccc(Br)c1. The Hall–Kier alpha value is -1.33. The molecular formula is C13H16BrN3O. The number of benzene rings is 1. The van der Waals surface area contributed by atoms with Crippen LogP contribution in [0.25, 0.3) is 0 Å². The fourth-order valence-electron chi connectivity index (χ4n) is 1.67. The summed E-state index contributed by atoms with van der Waals surface area (Å²) in [6, 6.07) is 8.22. The van der Waals surface area contributed by atoms with Crippen LogP contribution in [0.2, 0.25) is 0 Å². The number of aromatic nitrogens is 2. The molecule has 1 aromatic heterocycles. The molecule has 0 aliphatic heterocycles. The number of halogens is 1. The molecule has 0 fully saturated rings. The minimum atomic E-state index is 0.682. The number of nitrogens with one attached hydrogen (secondary N) is 1. The van der Waals surface area contributed by atoms with Crippen LogP contribution in [0.15, 0.2) is 41.1 Å². The predicted octanol–water partition coefficient (Wildman–Crippen LogP) is 2.90. The zero-order valence-corrected chi connectivity index (χ0v) is 11.9. The van der Waals surface area contributed by atoms with Crippen molar-refractivity contribution in [2.45, 2.75) is 13.1 Å². The minimum Gasteiger partial charge on any atom is -0.383 e. The Morgan fingerprint density at radius 2 is 2.33 bits per heavy atom. The lowest BCUT2D eigenvalue weighted by Crippen LogP contribution is -2.10. The molecule has 5 heteroatoms. The van der Waals surface area contributed by atoms with Crippen molar-refractivity contribution in [3.8, 4) is 0 Å². The Bertz CT molecular complexity index is 498. The summed E-state index contributed by atoms with van der Waals surface area (Å²) in [6.07, 6.45) is 3.74. The van der Waals surface area contributed by atoms with Gasteiger partial charge >= 0.3 is 0 Å². The molecule has 0 aliphatic rings. The minimum absolute atomic E-state index is 0.682. The maximum absolute atomic E-state index is 5.07. The maximum Gasteiger partial charge on any atom is 0.203 e. The Morgan fingerprint density at radius 1 is 1.44 bits per heavy atom. The molecule has 4 nitrogen and oxygen atoms in total. The van der Waals surface area contributed by atoms with E-state index in [0.29, 0.717) is 6.61 Å². The highest BCUT2D eigenvalue weighted by molar-refractivity contribution is 9.10. The Labute approximate surface area is 115 Å². The molecule has 18 heavy (non-hydrogen) atoms. The number of imidazole rings is 1. The molecular weight excluding hydrogens is 294 g/mol. The van der Waals surface area contributed by atoms with Gasteiger partial charge in [0.2, 0.25) is 5.95 Å². The molecule has 0 spiro atoms. The lowest BCUT2D eigenvalue weighted by Gasteiger charge is -2.09. The lowest BCUT2D eigenvalue weighted by atomic mass is 10.2. The van der Waals surface area contributed by atoms with Crippen molar-refractivity contribution in [1.29, 1.82) is 0 Å². The molecule has 0 atom stereocenters. The molecule has 96 valence electrons. The zero-order valence-electron chi connectivity index (χ0n) is 10.3. The molecule has 0 radical (unpaired) electrons. The number of hydrogen-bond acceptors (Lipinski definition) is 3. The molecule has 0 saturated heterocycles. The van der Waals surface area contributed by atoms with Gasteiger partial charge in [0.25, 0.3) is 0 Å². The topological polar surface area (TPSA) is 39.1 Å². The largest absolute Gasteiger partial charge is 0.383 e. The average Bonchev–Trinajstić information content (AvgIpc) is 2.81. The van der Waals surface area contributed by atoms with E-state index in [9.17, 15) is 0 Å². The van der Waals surface area contributed by atoms with E-state index in [1.54, 1.807) is 13.3 Å². The van der Waals surface area contributed by atoms with E-state index >= 15 is 0 Å². The van der Waals surface area contributed by atoms with Crippen molar-refractivity contribution in [2.75, 3.05) is 19.0 Å². The van der Waals surface area contributed by atoms with Gasteiger partial charge < -0.3 is 14.6 Å². The van der Waals surface area contributed by atoms with Gasteiger partial charge in [-0.05, 0) is 17.7 Å². The molecule has 0 amide bonds. The van der Waals surface area contributed by atoms with Gasteiger partial charge in [0, 0.05) is 37.1 Å². The molecule has 0 aliphatic carbocycles. The van der Waals surface area contributed by atoms with Gasteiger partial charge in [-0.15, -0.1) is 0 Å². The predicted molar refractivity (Wildman–Crippen MR) is 75.6 cm³/mol. The molecule has 0 saturated carbocycles. The molecule has 2 rings (SSSR count). The van der Waals surface area contributed by atoms with Gasteiger partial charge in [-0.2, -0.15) is 0 Å². The number of methoxy groups -OCH3 is 1. The van der Waals surface area contributed by atoms with E-state index in [1.165, 1.54) is 5.56 Å². The van der Waals surface area contributed by atoms with Crippen LogP contribution in [-0.2, 0) is 17.8 Å². The van der Waals surface area contributed by atoms with Crippen LogP contribution in [0.3, 0.4) is 0 Å². The third kappa shape index (κ3) is 3.58. The quantitative estimate of drug-likeness (QED) is 0.892. The molecule has 2 aromatic rings. The zero-order chi connectivity index (χ0) is 12.8. The van der Waals surface area contributed by atoms with Crippen LogP contribution in [0.4, 0.5) is 5.95 Å². The Morgan fingerprint density at radius 3 is 3.11 bits per heavy atom. The molecule has 1 aromatic carbocycles. The van der Waals surface area contributed by atoms with Gasteiger partial charge in [-0.1, -0.05) is 28.1 Å². The van der Waals surface area contributed by atoms with Crippen LogP contribution in [0, 0.1) is 0 Å². The second kappa shape index (κ2) is 6.56. The van der Waals surface area contributed by atoms with E-state index in [1.807, 2.05) is 22.9 Å². The van der Waals surface area contributed by atoms with Crippen molar-refractivity contribution in [1.82, 2.24) is 9.55 Å².